The maximum atomic E-state index is 6.70. The van der Waals surface area contributed by atoms with Gasteiger partial charge in [-0.25, -0.2) is 0 Å². The van der Waals surface area contributed by atoms with Crippen LogP contribution in [0.25, 0.3) is 11.1 Å². The Labute approximate surface area is 317 Å². The van der Waals surface area contributed by atoms with Crippen molar-refractivity contribution in [1.29, 1.82) is 0 Å². The van der Waals surface area contributed by atoms with E-state index in [2.05, 4.69) is 132 Å². The van der Waals surface area contributed by atoms with Crippen LogP contribution in [0.15, 0.2) is 42.5 Å². The van der Waals surface area contributed by atoms with Crippen LogP contribution in [0.3, 0.4) is 0 Å². The lowest BCUT2D eigenvalue weighted by atomic mass is 9.67. The van der Waals surface area contributed by atoms with E-state index >= 15 is 0 Å². The Hall–Kier alpha value is -2.37. The highest BCUT2D eigenvalue weighted by Crippen LogP contribution is 2.53. The van der Waals surface area contributed by atoms with Gasteiger partial charge in [0.25, 0.3) is 0 Å². The molecular weight excluding hydrogens is 638 g/mol. The Morgan fingerprint density at radius 2 is 0.827 bits per heavy atom. The zero-order valence-electron chi connectivity index (χ0n) is 34.9. The van der Waals surface area contributed by atoms with Crippen molar-refractivity contribution >= 4 is 25.2 Å². The standard InChI is InChI=1S/C46H66B2O4/c1-14-16-18-20-22-33-26-34(23-21-19-17-15-2)28-35(27-33)46(13)38-29-40(47-49-42(5,6)43(7,8)50-47)31(3)24-36(38)37-25-32(4)41(30-39(37)46)48-51-44(9,10)45(11,12)52-48/h24-30H,14-23H2,1-13H3. The Morgan fingerprint density at radius 3 is 1.17 bits per heavy atom. The average molecular weight is 705 g/mol. The molecule has 0 amide bonds. The molecule has 3 aliphatic rings. The van der Waals surface area contributed by atoms with Crippen LogP contribution >= 0.6 is 0 Å². The minimum atomic E-state index is -0.427. The molecule has 6 heteroatoms. The number of hydrogen-bond acceptors (Lipinski definition) is 4. The van der Waals surface area contributed by atoms with Crippen molar-refractivity contribution in [2.75, 3.05) is 0 Å². The predicted octanol–water partition coefficient (Wildman–Crippen LogP) is 10.5. The number of rotatable bonds is 13. The van der Waals surface area contributed by atoms with Gasteiger partial charge in [-0.3, -0.25) is 0 Å². The quantitative estimate of drug-likeness (QED) is 0.131. The van der Waals surface area contributed by atoms with Crippen molar-refractivity contribution in [3.63, 3.8) is 0 Å². The number of benzene rings is 3. The van der Waals surface area contributed by atoms with E-state index in [-0.39, 0.29) is 0 Å². The summed E-state index contributed by atoms with van der Waals surface area (Å²) in [5, 5.41) is 0. The molecule has 0 N–H and O–H groups in total. The van der Waals surface area contributed by atoms with E-state index in [4.69, 9.17) is 18.6 Å². The summed E-state index contributed by atoms with van der Waals surface area (Å²) >= 11 is 0. The molecule has 0 bridgehead atoms. The smallest absolute Gasteiger partial charge is 0.399 e. The summed E-state index contributed by atoms with van der Waals surface area (Å²) in [7, 11) is -0.853. The lowest BCUT2D eigenvalue weighted by Gasteiger charge is -2.32. The molecule has 2 fully saturated rings. The first-order chi connectivity index (χ1) is 24.3. The molecule has 52 heavy (non-hydrogen) atoms. The normalized spacial score (nSPS) is 20.4. The third kappa shape index (κ3) is 7.00. The first-order valence-electron chi connectivity index (χ1n) is 20.5. The highest BCUT2D eigenvalue weighted by Gasteiger charge is 2.54. The largest absolute Gasteiger partial charge is 0.495 e. The van der Waals surface area contributed by atoms with Gasteiger partial charge in [-0.05, 0) is 152 Å². The SMILES string of the molecule is CCCCCCc1cc(CCCCCC)cc(C2(C)c3cc(B4OC(C)(C)C(C)(C)O4)c(C)cc3-c3cc(C)c(B4OC(C)(C)C(C)(C)O4)cc32)c1. The van der Waals surface area contributed by atoms with Crippen LogP contribution < -0.4 is 10.9 Å². The van der Waals surface area contributed by atoms with E-state index in [0.29, 0.717) is 0 Å². The maximum absolute atomic E-state index is 6.70. The monoisotopic (exact) mass is 705 g/mol. The van der Waals surface area contributed by atoms with Crippen molar-refractivity contribution in [2.45, 2.75) is 182 Å². The fourth-order valence-corrected chi connectivity index (χ4v) is 8.48. The number of aryl methyl sites for hydroxylation is 4. The minimum Gasteiger partial charge on any atom is -0.399 e. The fraction of sp³-hybridized carbons (Fsp3) is 0.609. The second-order valence-electron chi connectivity index (χ2n) is 18.5. The Morgan fingerprint density at radius 1 is 0.462 bits per heavy atom. The minimum absolute atomic E-state index is 0.402. The Bertz CT molecular complexity index is 1630. The van der Waals surface area contributed by atoms with E-state index in [0.717, 1.165) is 23.8 Å². The van der Waals surface area contributed by atoms with Gasteiger partial charge in [0.1, 0.15) is 0 Å². The highest BCUT2D eigenvalue weighted by atomic mass is 16.7. The maximum Gasteiger partial charge on any atom is 0.495 e. The molecular formula is C46H66B2O4. The van der Waals surface area contributed by atoms with Crippen molar-refractivity contribution in [3.05, 3.63) is 81.4 Å². The van der Waals surface area contributed by atoms with Crippen molar-refractivity contribution in [1.82, 2.24) is 0 Å². The van der Waals surface area contributed by atoms with Crippen LogP contribution in [0.2, 0.25) is 0 Å². The lowest BCUT2D eigenvalue weighted by Crippen LogP contribution is -2.41. The van der Waals surface area contributed by atoms with Gasteiger partial charge in [0.05, 0.1) is 22.4 Å². The first-order valence-corrected chi connectivity index (χ1v) is 20.5. The molecule has 0 unspecified atom stereocenters. The molecule has 3 aromatic carbocycles. The van der Waals surface area contributed by atoms with Gasteiger partial charge in [-0.2, -0.15) is 0 Å². The Kier molecular flexibility index (Phi) is 10.9. The van der Waals surface area contributed by atoms with E-state index in [1.807, 2.05) is 0 Å². The molecule has 0 aromatic heterocycles. The summed E-state index contributed by atoms with van der Waals surface area (Å²) in [5.41, 5.74) is 12.1. The van der Waals surface area contributed by atoms with E-state index in [1.165, 1.54) is 101 Å². The molecule has 6 rings (SSSR count). The summed E-state index contributed by atoms with van der Waals surface area (Å²) in [6.07, 6.45) is 12.4. The molecule has 0 atom stereocenters. The lowest BCUT2D eigenvalue weighted by molar-refractivity contribution is 0.00578. The van der Waals surface area contributed by atoms with Gasteiger partial charge in [-0.15, -0.1) is 0 Å². The number of unbranched alkanes of at least 4 members (excludes halogenated alkanes) is 6. The van der Waals surface area contributed by atoms with Crippen molar-refractivity contribution < 1.29 is 18.6 Å². The molecule has 2 aliphatic heterocycles. The second kappa shape index (κ2) is 14.4. The predicted molar refractivity (Wildman–Crippen MR) is 220 cm³/mol. The number of hydrogen-bond donors (Lipinski definition) is 0. The van der Waals surface area contributed by atoms with Gasteiger partial charge < -0.3 is 18.6 Å². The van der Waals surface area contributed by atoms with E-state index in [1.54, 1.807) is 0 Å². The summed E-state index contributed by atoms with van der Waals surface area (Å²) in [4.78, 5) is 0. The van der Waals surface area contributed by atoms with Crippen LogP contribution in [0, 0.1) is 13.8 Å². The second-order valence-corrected chi connectivity index (χ2v) is 18.5. The summed E-state index contributed by atoms with van der Waals surface area (Å²) in [5.74, 6) is 0. The third-order valence-electron chi connectivity index (χ3n) is 13.5. The van der Waals surface area contributed by atoms with E-state index < -0.39 is 42.1 Å². The van der Waals surface area contributed by atoms with Crippen LogP contribution in [0.1, 0.15) is 166 Å². The molecule has 2 saturated heterocycles. The molecule has 0 spiro atoms. The van der Waals surface area contributed by atoms with Crippen molar-refractivity contribution in [3.8, 4) is 11.1 Å². The fourth-order valence-electron chi connectivity index (χ4n) is 8.48. The molecule has 0 saturated carbocycles. The highest BCUT2D eigenvalue weighted by molar-refractivity contribution is 6.63. The van der Waals surface area contributed by atoms with Gasteiger partial charge in [0.15, 0.2) is 0 Å². The molecule has 0 radical (unpaired) electrons. The summed E-state index contributed by atoms with van der Waals surface area (Å²) < 4.78 is 26.8. The van der Waals surface area contributed by atoms with Crippen LogP contribution in [0.4, 0.5) is 0 Å². The summed E-state index contributed by atoms with van der Waals surface area (Å²) in [6.45, 7) is 28.6. The van der Waals surface area contributed by atoms with E-state index in [9.17, 15) is 0 Å². The van der Waals surface area contributed by atoms with Crippen LogP contribution in [0.5, 0.6) is 0 Å². The zero-order chi connectivity index (χ0) is 37.9. The Balaban J connectivity index is 1.54. The zero-order valence-corrected chi connectivity index (χ0v) is 34.9. The van der Waals surface area contributed by atoms with Crippen LogP contribution in [-0.4, -0.2) is 36.6 Å². The van der Waals surface area contributed by atoms with Gasteiger partial charge in [-0.1, -0.05) is 106 Å². The van der Waals surface area contributed by atoms with Crippen molar-refractivity contribution in [2.24, 2.45) is 0 Å². The molecule has 2 heterocycles. The first kappa shape index (κ1) is 39.3. The molecule has 4 nitrogen and oxygen atoms in total. The number of fused-ring (bicyclic) bond motifs is 3. The van der Waals surface area contributed by atoms with Gasteiger partial charge in [0, 0.05) is 5.41 Å². The average Bonchev–Trinajstić information content (AvgIpc) is 3.53. The molecule has 1 aliphatic carbocycles. The topological polar surface area (TPSA) is 36.9 Å². The van der Waals surface area contributed by atoms with Gasteiger partial charge in [0.2, 0.25) is 0 Å². The molecule has 280 valence electrons. The third-order valence-corrected chi connectivity index (χ3v) is 13.5. The molecule has 3 aromatic rings. The summed E-state index contributed by atoms with van der Waals surface area (Å²) in [6, 6.07) is 17.2. The van der Waals surface area contributed by atoms with Gasteiger partial charge >= 0.3 is 14.2 Å². The van der Waals surface area contributed by atoms with Crippen LogP contribution in [-0.2, 0) is 36.9 Å².